The molecule has 1 unspecified atom stereocenters. The third-order valence-corrected chi connectivity index (χ3v) is 4.20. The first-order valence-corrected chi connectivity index (χ1v) is 7.40. The number of benzene rings is 1. The molecule has 0 spiro atoms. The Hall–Kier alpha value is -2.10. The van der Waals surface area contributed by atoms with Crippen molar-refractivity contribution in [1.29, 1.82) is 0 Å². The summed E-state index contributed by atoms with van der Waals surface area (Å²) in [6.07, 6.45) is 2.27. The lowest BCUT2D eigenvalue weighted by Gasteiger charge is -2.17. The van der Waals surface area contributed by atoms with Crippen molar-refractivity contribution in [2.45, 2.75) is 45.6 Å². The van der Waals surface area contributed by atoms with Crippen LogP contribution in [0.4, 0.5) is 0 Å². The highest BCUT2D eigenvalue weighted by atomic mass is 16.5. The minimum Gasteiger partial charge on any atom is -0.360 e. The zero-order valence-corrected chi connectivity index (χ0v) is 12.6. The second kappa shape index (κ2) is 5.35. The summed E-state index contributed by atoms with van der Waals surface area (Å²) in [6, 6.07) is 7.85. The molecule has 1 aromatic heterocycles. The molecule has 1 aromatic carbocycles. The highest BCUT2D eigenvalue weighted by Gasteiger charge is 2.29. The fraction of sp³-hybridized carbons (Fsp3) is 0.412. The summed E-state index contributed by atoms with van der Waals surface area (Å²) in [5.74, 6) is 1.12. The number of rotatable bonds is 4. The van der Waals surface area contributed by atoms with Gasteiger partial charge in [-0.2, -0.15) is 0 Å². The first-order valence-electron chi connectivity index (χ1n) is 7.40. The largest absolute Gasteiger partial charge is 0.360 e. The van der Waals surface area contributed by atoms with E-state index < -0.39 is 0 Å². The van der Waals surface area contributed by atoms with E-state index >= 15 is 0 Å². The average Bonchev–Trinajstić information content (AvgIpc) is 3.19. The zero-order chi connectivity index (χ0) is 15.0. The smallest absolute Gasteiger partial charge is 0.273 e. The highest BCUT2D eigenvalue weighted by Crippen LogP contribution is 2.40. The van der Waals surface area contributed by atoms with Crippen molar-refractivity contribution in [3.63, 3.8) is 0 Å². The van der Waals surface area contributed by atoms with Crippen molar-refractivity contribution in [2.75, 3.05) is 0 Å². The minimum atomic E-state index is -0.181. The molecule has 110 valence electrons. The van der Waals surface area contributed by atoms with Crippen molar-refractivity contribution >= 4 is 5.91 Å². The molecule has 0 saturated heterocycles. The van der Waals surface area contributed by atoms with Crippen molar-refractivity contribution in [3.05, 3.63) is 52.4 Å². The van der Waals surface area contributed by atoms with E-state index in [2.05, 4.69) is 30.4 Å². The van der Waals surface area contributed by atoms with Gasteiger partial charge in [-0.15, -0.1) is 0 Å². The van der Waals surface area contributed by atoms with E-state index in [1.54, 1.807) is 6.07 Å². The molecule has 1 saturated carbocycles. The van der Waals surface area contributed by atoms with Crippen LogP contribution in [-0.4, -0.2) is 11.1 Å². The third-order valence-electron chi connectivity index (χ3n) is 4.20. The van der Waals surface area contributed by atoms with Crippen molar-refractivity contribution in [1.82, 2.24) is 10.5 Å². The third kappa shape index (κ3) is 2.84. The van der Waals surface area contributed by atoms with E-state index in [1.165, 1.54) is 11.1 Å². The molecule has 0 bridgehead atoms. The summed E-state index contributed by atoms with van der Waals surface area (Å²) in [5.41, 5.74) is 3.94. The Morgan fingerprint density at radius 1 is 1.38 bits per heavy atom. The van der Waals surface area contributed by atoms with E-state index in [9.17, 15) is 4.79 Å². The molecule has 3 rings (SSSR count). The predicted molar refractivity (Wildman–Crippen MR) is 80.3 cm³/mol. The van der Waals surface area contributed by atoms with Crippen molar-refractivity contribution in [3.8, 4) is 0 Å². The highest BCUT2D eigenvalue weighted by molar-refractivity contribution is 5.92. The summed E-state index contributed by atoms with van der Waals surface area (Å²) in [4.78, 5) is 12.2. The van der Waals surface area contributed by atoms with Gasteiger partial charge in [0, 0.05) is 12.0 Å². The van der Waals surface area contributed by atoms with Crippen LogP contribution in [0.2, 0.25) is 0 Å². The molecule has 1 fully saturated rings. The van der Waals surface area contributed by atoms with Gasteiger partial charge in [-0.25, -0.2) is 0 Å². The van der Waals surface area contributed by atoms with Crippen LogP contribution in [0.5, 0.6) is 0 Å². The molecule has 1 aliphatic carbocycles. The number of aromatic nitrogens is 1. The van der Waals surface area contributed by atoms with E-state index in [4.69, 9.17) is 4.52 Å². The zero-order valence-electron chi connectivity index (χ0n) is 12.6. The average molecular weight is 284 g/mol. The molecular weight excluding hydrogens is 264 g/mol. The van der Waals surface area contributed by atoms with Gasteiger partial charge in [-0.3, -0.25) is 4.79 Å². The van der Waals surface area contributed by atoms with Gasteiger partial charge in [0.2, 0.25) is 0 Å². The summed E-state index contributed by atoms with van der Waals surface area (Å²) < 4.78 is 5.23. The van der Waals surface area contributed by atoms with Gasteiger partial charge in [0.15, 0.2) is 5.69 Å². The van der Waals surface area contributed by atoms with Gasteiger partial charge in [-0.1, -0.05) is 23.4 Å². The number of carbonyl (C=O) groups is 1. The summed E-state index contributed by atoms with van der Waals surface area (Å²) in [7, 11) is 0. The number of hydrogen-bond donors (Lipinski definition) is 1. The Kier molecular flexibility index (Phi) is 3.53. The van der Waals surface area contributed by atoms with E-state index in [1.807, 2.05) is 19.1 Å². The maximum Gasteiger partial charge on any atom is 0.273 e. The number of carbonyl (C=O) groups excluding carboxylic acids is 1. The molecule has 2 aromatic rings. The van der Waals surface area contributed by atoms with Crippen LogP contribution < -0.4 is 5.32 Å². The fourth-order valence-electron chi connectivity index (χ4n) is 2.55. The maximum absolute atomic E-state index is 12.2. The van der Waals surface area contributed by atoms with Crippen molar-refractivity contribution in [2.24, 2.45) is 0 Å². The standard InChI is InChI=1S/C17H20N2O2/c1-10-5-4-6-14(11(10)2)12(3)18-17(20)15-9-16(21-19-15)13-7-8-13/h4-6,9,12-13H,7-8H2,1-3H3,(H,18,20). The van der Waals surface area contributed by atoms with Gasteiger partial charge in [-0.05, 0) is 50.3 Å². The van der Waals surface area contributed by atoms with Gasteiger partial charge in [0.1, 0.15) is 5.76 Å². The molecule has 1 amide bonds. The van der Waals surface area contributed by atoms with Crippen LogP contribution in [-0.2, 0) is 0 Å². The molecule has 4 heteroatoms. The summed E-state index contributed by atoms with van der Waals surface area (Å²) in [6.45, 7) is 6.14. The van der Waals surface area contributed by atoms with Gasteiger partial charge in [0.05, 0.1) is 6.04 Å². The van der Waals surface area contributed by atoms with Gasteiger partial charge in [0.25, 0.3) is 5.91 Å². The predicted octanol–water partition coefficient (Wildman–Crippen LogP) is 3.66. The second-order valence-electron chi connectivity index (χ2n) is 5.87. The monoisotopic (exact) mass is 284 g/mol. The first-order chi connectivity index (χ1) is 10.1. The molecule has 1 aliphatic rings. The normalized spacial score (nSPS) is 15.8. The number of nitrogens with zero attached hydrogens (tertiary/aromatic N) is 1. The molecule has 1 N–H and O–H groups in total. The summed E-state index contributed by atoms with van der Waals surface area (Å²) >= 11 is 0. The van der Waals surface area contributed by atoms with E-state index in [0.29, 0.717) is 11.6 Å². The quantitative estimate of drug-likeness (QED) is 0.932. The second-order valence-corrected chi connectivity index (χ2v) is 5.87. The number of amides is 1. The molecule has 21 heavy (non-hydrogen) atoms. The van der Waals surface area contributed by atoms with Crippen LogP contribution in [0.1, 0.15) is 64.7 Å². The van der Waals surface area contributed by atoms with Gasteiger partial charge >= 0.3 is 0 Å². The van der Waals surface area contributed by atoms with Crippen LogP contribution in [0, 0.1) is 13.8 Å². The molecule has 0 radical (unpaired) electrons. The number of hydrogen-bond acceptors (Lipinski definition) is 3. The van der Waals surface area contributed by atoms with Crippen LogP contribution >= 0.6 is 0 Å². The lowest BCUT2D eigenvalue weighted by atomic mass is 9.98. The Morgan fingerprint density at radius 2 is 2.14 bits per heavy atom. The Labute approximate surface area is 124 Å². The Bertz CT molecular complexity index is 671. The Balaban J connectivity index is 1.72. The van der Waals surface area contributed by atoms with E-state index in [-0.39, 0.29) is 11.9 Å². The molecule has 4 nitrogen and oxygen atoms in total. The van der Waals surface area contributed by atoms with Gasteiger partial charge < -0.3 is 9.84 Å². The first kappa shape index (κ1) is 13.9. The lowest BCUT2D eigenvalue weighted by Crippen LogP contribution is -2.27. The number of nitrogens with one attached hydrogen (secondary N) is 1. The van der Waals surface area contributed by atoms with E-state index in [0.717, 1.165) is 24.2 Å². The molecular formula is C17H20N2O2. The molecule has 1 heterocycles. The molecule has 0 aliphatic heterocycles. The summed E-state index contributed by atoms with van der Waals surface area (Å²) in [5, 5.41) is 6.87. The number of aryl methyl sites for hydroxylation is 1. The lowest BCUT2D eigenvalue weighted by molar-refractivity contribution is 0.0930. The van der Waals surface area contributed by atoms with Crippen LogP contribution in [0.15, 0.2) is 28.8 Å². The van der Waals surface area contributed by atoms with Crippen molar-refractivity contribution < 1.29 is 9.32 Å². The minimum absolute atomic E-state index is 0.0570. The molecule has 1 atom stereocenters. The van der Waals surface area contributed by atoms with Crippen LogP contribution in [0.25, 0.3) is 0 Å². The maximum atomic E-state index is 12.2. The SMILES string of the molecule is Cc1cccc(C(C)NC(=O)c2cc(C3CC3)on2)c1C. The Morgan fingerprint density at radius 3 is 2.86 bits per heavy atom. The van der Waals surface area contributed by atoms with Crippen LogP contribution in [0.3, 0.4) is 0 Å². The topological polar surface area (TPSA) is 55.1 Å². The fourth-order valence-corrected chi connectivity index (χ4v) is 2.55.